The molecule has 1 aliphatic heterocycles. The van der Waals surface area contributed by atoms with Gasteiger partial charge in [-0.25, -0.2) is 0 Å². The number of carbonyl (C=O) groups is 1. The average Bonchev–Trinajstić information content (AvgIpc) is 2.82. The van der Waals surface area contributed by atoms with Gasteiger partial charge in [0.25, 0.3) is 0 Å². The molecule has 1 heterocycles. The van der Waals surface area contributed by atoms with Gasteiger partial charge in [0.1, 0.15) is 5.75 Å². The lowest BCUT2D eigenvalue weighted by Gasteiger charge is -2.22. The zero-order valence-electron chi connectivity index (χ0n) is 13.3. The number of nitrogens with zero attached hydrogens (tertiary/aromatic N) is 1. The summed E-state index contributed by atoms with van der Waals surface area (Å²) < 4.78 is 5.67. The Kier molecular flexibility index (Phi) is 4.88. The summed E-state index contributed by atoms with van der Waals surface area (Å²) in [7, 11) is 0. The molecule has 1 fully saturated rings. The van der Waals surface area contributed by atoms with Crippen molar-refractivity contribution in [1.29, 1.82) is 0 Å². The molecule has 1 atom stereocenters. The lowest BCUT2D eigenvalue weighted by molar-refractivity contribution is -0.129. The number of hydrogen-bond donors (Lipinski definition) is 1. The van der Waals surface area contributed by atoms with Crippen LogP contribution in [0.2, 0.25) is 0 Å². The fraction of sp³-hybridized carbons (Fsp3) is 0.588. The first-order chi connectivity index (χ1) is 9.92. The molecule has 1 aliphatic rings. The lowest BCUT2D eigenvalue weighted by Crippen LogP contribution is -2.35. The minimum Gasteiger partial charge on any atom is -0.491 e. The van der Waals surface area contributed by atoms with Crippen LogP contribution in [0.25, 0.3) is 0 Å². The van der Waals surface area contributed by atoms with E-state index in [1.165, 1.54) is 0 Å². The van der Waals surface area contributed by atoms with Crippen molar-refractivity contribution in [3.63, 3.8) is 0 Å². The van der Waals surface area contributed by atoms with Crippen molar-refractivity contribution in [2.45, 2.75) is 39.7 Å². The summed E-state index contributed by atoms with van der Waals surface area (Å²) in [6, 6.07) is 7.79. The third-order valence-electron chi connectivity index (χ3n) is 4.03. The number of carbonyl (C=O) groups excluding carboxylic acids is 1. The van der Waals surface area contributed by atoms with Gasteiger partial charge in [-0.05, 0) is 49.9 Å². The molecule has 4 nitrogen and oxygen atoms in total. The van der Waals surface area contributed by atoms with E-state index in [4.69, 9.17) is 10.5 Å². The Morgan fingerprint density at radius 3 is 2.86 bits per heavy atom. The summed E-state index contributed by atoms with van der Waals surface area (Å²) in [5.74, 6) is 0.998. The molecule has 1 aromatic rings. The molecule has 21 heavy (non-hydrogen) atoms. The number of rotatable bonds is 5. The molecule has 0 radical (unpaired) electrons. The predicted molar refractivity (Wildman–Crippen MR) is 84.3 cm³/mol. The summed E-state index contributed by atoms with van der Waals surface area (Å²) in [5.41, 5.74) is 6.88. The molecule has 2 rings (SSSR count). The van der Waals surface area contributed by atoms with Gasteiger partial charge in [-0.1, -0.05) is 19.1 Å². The van der Waals surface area contributed by atoms with Gasteiger partial charge in [0.2, 0.25) is 5.91 Å². The predicted octanol–water partition coefficient (Wildman–Crippen LogP) is 2.21. The molecule has 2 N–H and O–H groups in total. The van der Waals surface area contributed by atoms with Crippen molar-refractivity contribution in [3.8, 4) is 5.75 Å². The van der Waals surface area contributed by atoms with E-state index in [2.05, 4.69) is 6.92 Å². The molecule has 1 saturated heterocycles. The van der Waals surface area contributed by atoms with E-state index in [0.717, 1.165) is 30.8 Å². The minimum atomic E-state index is 0.0816. The minimum absolute atomic E-state index is 0.0816. The van der Waals surface area contributed by atoms with E-state index in [1.54, 1.807) is 0 Å². The van der Waals surface area contributed by atoms with E-state index in [9.17, 15) is 4.79 Å². The topological polar surface area (TPSA) is 55.6 Å². The van der Waals surface area contributed by atoms with E-state index in [1.807, 2.05) is 43.0 Å². The smallest absolute Gasteiger partial charge is 0.227 e. The molecule has 0 aromatic heterocycles. The average molecular weight is 290 g/mol. The third kappa shape index (κ3) is 4.21. The normalized spacial score (nSPS) is 21.9. The number of hydrogen-bond acceptors (Lipinski definition) is 3. The zero-order chi connectivity index (χ0) is 15.5. The highest BCUT2D eigenvalue weighted by Crippen LogP contribution is 2.29. The van der Waals surface area contributed by atoms with Crippen LogP contribution in [0.4, 0.5) is 0 Å². The Morgan fingerprint density at radius 2 is 2.24 bits per heavy atom. The van der Waals surface area contributed by atoms with Crippen LogP contribution in [0, 0.1) is 5.41 Å². The van der Waals surface area contributed by atoms with Crippen LogP contribution >= 0.6 is 0 Å². The first kappa shape index (κ1) is 15.8. The van der Waals surface area contributed by atoms with Crippen LogP contribution in [-0.4, -0.2) is 36.5 Å². The van der Waals surface area contributed by atoms with Crippen molar-refractivity contribution in [2.75, 3.05) is 19.6 Å². The second kappa shape index (κ2) is 6.48. The molecular formula is C17H26N2O2. The van der Waals surface area contributed by atoms with E-state index in [-0.39, 0.29) is 17.4 Å². The molecule has 0 bridgehead atoms. The van der Waals surface area contributed by atoms with Crippen molar-refractivity contribution >= 4 is 5.91 Å². The van der Waals surface area contributed by atoms with Gasteiger partial charge in [-0.15, -0.1) is 0 Å². The number of likely N-dealkylation sites (tertiary alicyclic amines) is 1. The van der Waals surface area contributed by atoms with Crippen LogP contribution in [0.5, 0.6) is 5.75 Å². The fourth-order valence-corrected chi connectivity index (χ4v) is 2.69. The standard InChI is InChI=1S/C17H26N2O2/c1-13(2)21-15-6-4-5-14(9-15)10-16(20)19-8-7-17(3,11-18)12-19/h4-6,9,13H,7-8,10-12,18H2,1-3H3. The Hall–Kier alpha value is -1.55. The van der Waals surface area contributed by atoms with Gasteiger partial charge in [0, 0.05) is 13.1 Å². The summed E-state index contributed by atoms with van der Waals surface area (Å²) >= 11 is 0. The largest absolute Gasteiger partial charge is 0.491 e. The maximum atomic E-state index is 12.4. The first-order valence-electron chi connectivity index (χ1n) is 7.65. The second-order valence-corrected chi connectivity index (χ2v) is 6.57. The fourth-order valence-electron chi connectivity index (χ4n) is 2.69. The summed E-state index contributed by atoms with van der Waals surface area (Å²) in [6.07, 6.45) is 1.56. The Labute approximate surface area is 127 Å². The summed E-state index contributed by atoms with van der Waals surface area (Å²) in [4.78, 5) is 14.3. The second-order valence-electron chi connectivity index (χ2n) is 6.57. The van der Waals surface area contributed by atoms with Crippen molar-refractivity contribution in [2.24, 2.45) is 11.1 Å². The lowest BCUT2D eigenvalue weighted by atomic mass is 9.90. The Balaban J connectivity index is 1.97. The van der Waals surface area contributed by atoms with Gasteiger partial charge in [0.05, 0.1) is 12.5 Å². The monoisotopic (exact) mass is 290 g/mol. The van der Waals surface area contributed by atoms with Crippen molar-refractivity contribution in [3.05, 3.63) is 29.8 Å². The molecule has 1 unspecified atom stereocenters. The van der Waals surface area contributed by atoms with Crippen molar-refractivity contribution in [1.82, 2.24) is 4.90 Å². The molecular weight excluding hydrogens is 264 g/mol. The van der Waals surface area contributed by atoms with Crippen molar-refractivity contribution < 1.29 is 9.53 Å². The van der Waals surface area contributed by atoms with Crippen LogP contribution in [0.1, 0.15) is 32.8 Å². The van der Waals surface area contributed by atoms with Gasteiger partial charge in [-0.3, -0.25) is 4.79 Å². The van der Waals surface area contributed by atoms with Crippen LogP contribution in [0.15, 0.2) is 24.3 Å². The Bertz CT molecular complexity index is 501. The van der Waals surface area contributed by atoms with E-state index in [0.29, 0.717) is 13.0 Å². The number of nitrogens with two attached hydrogens (primary N) is 1. The molecule has 4 heteroatoms. The number of ether oxygens (including phenoxy) is 1. The van der Waals surface area contributed by atoms with Crippen LogP contribution < -0.4 is 10.5 Å². The molecule has 1 amide bonds. The van der Waals surface area contributed by atoms with Gasteiger partial charge < -0.3 is 15.4 Å². The van der Waals surface area contributed by atoms with E-state index >= 15 is 0 Å². The molecule has 0 aliphatic carbocycles. The number of amides is 1. The maximum Gasteiger partial charge on any atom is 0.227 e. The highest BCUT2D eigenvalue weighted by atomic mass is 16.5. The highest BCUT2D eigenvalue weighted by molar-refractivity contribution is 5.79. The zero-order valence-corrected chi connectivity index (χ0v) is 13.3. The van der Waals surface area contributed by atoms with Gasteiger partial charge in [0.15, 0.2) is 0 Å². The highest BCUT2D eigenvalue weighted by Gasteiger charge is 2.34. The first-order valence-corrected chi connectivity index (χ1v) is 7.65. The quantitative estimate of drug-likeness (QED) is 0.904. The van der Waals surface area contributed by atoms with Crippen LogP contribution in [-0.2, 0) is 11.2 Å². The number of benzene rings is 1. The summed E-state index contributed by atoms with van der Waals surface area (Å²) in [6.45, 7) is 8.36. The molecule has 0 saturated carbocycles. The van der Waals surface area contributed by atoms with Gasteiger partial charge in [-0.2, -0.15) is 0 Å². The molecule has 1 aromatic carbocycles. The Morgan fingerprint density at radius 1 is 1.48 bits per heavy atom. The summed E-state index contributed by atoms with van der Waals surface area (Å²) in [5, 5.41) is 0. The maximum absolute atomic E-state index is 12.4. The molecule has 0 spiro atoms. The van der Waals surface area contributed by atoms with E-state index < -0.39 is 0 Å². The van der Waals surface area contributed by atoms with Crippen LogP contribution in [0.3, 0.4) is 0 Å². The molecule has 116 valence electrons. The SMILES string of the molecule is CC(C)Oc1cccc(CC(=O)N2CCC(C)(CN)C2)c1. The van der Waals surface area contributed by atoms with Gasteiger partial charge >= 0.3 is 0 Å². The third-order valence-corrected chi connectivity index (χ3v) is 4.03.